The highest BCUT2D eigenvalue weighted by molar-refractivity contribution is 4.92. The molecule has 9 unspecified atom stereocenters. The molecule has 0 aliphatic carbocycles. The lowest BCUT2D eigenvalue weighted by Gasteiger charge is -2.41. The first-order valence-electron chi connectivity index (χ1n) is 14.4. The largest absolute Gasteiger partial charge is 0.394 e. The molecule has 0 aromatic carbocycles. The van der Waals surface area contributed by atoms with E-state index in [9.17, 15) is 30.6 Å². The second kappa shape index (κ2) is 20.3. The summed E-state index contributed by atoms with van der Waals surface area (Å²) in [6.07, 6.45) is 11.1. The molecule has 0 radical (unpaired) electrons. The SMILES string of the molecule is CC(N)C(O)/C=C/CCCCCCCCCCCCCCC(OC1OC(CO)C(O)C(O)C1O)C(C)O. The molecule has 0 amide bonds. The molecule has 9 atom stereocenters. The molecule has 9 nitrogen and oxygen atoms in total. The van der Waals surface area contributed by atoms with E-state index in [1.165, 1.54) is 51.4 Å². The van der Waals surface area contributed by atoms with Crippen LogP contribution in [-0.2, 0) is 9.47 Å². The van der Waals surface area contributed by atoms with Crippen LogP contribution in [0.2, 0.25) is 0 Å². The average Bonchev–Trinajstić information content (AvgIpc) is 2.87. The minimum Gasteiger partial charge on any atom is -0.394 e. The van der Waals surface area contributed by atoms with Gasteiger partial charge in [-0.05, 0) is 33.1 Å². The molecule has 1 rings (SSSR count). The minimum absolute atomic E-state index is 0.216. The maximum atomic E-state index is 10.2. The van der Waals surface area contributed by atoms with Crippen LogP contribution >= 0.6 is 0 Å². The van der Waals surface area contributed by atoms with Crippen LogP contribution in [0.25, 0.3) is 0 Å². The maximum absolute atomic E-state index is 10.2. The van der Waals surface area contributed by atoms with Gasteiger partial charge in [0.15, 0.2) is 6.29 Å². The third kappa shape index (κ3) is 14.4. The molecule has 1 saturated heterocycles. The van der Waals surface area contributed by atoms with Crippen LogP contribution in [0.3, 0.4) is 0 Å². The van der Waals surface area contributed by atoms with Crippen molar-refractivity contribution in [3.05, 3.63) is 12.2 Å². The van der Waals surface area contributed by atoms with Crippen molar-refractivity contribution in [2.45, 2.75) is 159 Å². The molecule has 9 heteroatoms. The molecular weight excluding hydrogens is 478 g/mol. The number of aliphatic hydroxyl groups excluding tert-OH is 6. The standard InChI is InChI=1S/C28H55NO8/c1-20(29)22(32)17-15-13-11-9-7-5-3-4-6-8-10-12-14-16-18-23(21(2)31)36-28-27(35)26(34)25(33)24(19-30)37-28/h15,17,20-28,30-35H,3-14,16,18-19,29H2,1-2H3/b17-15+. The van der Waals surface area contributed by atoms with Crippen molar-refractivity contribution < 1.29 is 40.1 Å². The molecule has 1 aliphatic rings. The van der Waals surface area contributed by atoms with Gasteiger partial charge in [0, 0.05) is 6.04 Å². The minimum atomic E-state index is -1.49. The third-order valence-corrected chi connectivity index (χ3v) is 7.18. The van der Waals surface area contributed by atoms with E-state index in [1.807, 2.05) is 6.08 Å². The Kier molecular flexibility index (Phi) is 18.9. The third-order valence-electron chi connectivity index (χ3n) is 7.18. The fourth-order valence-electron chi connectivity index (χ4n) is 4.56. The molecule has 1 heterocycles. The van der Waals surface area contributed by atoms with Crippen LogP contribution in [-0.4, -0.2) is 92.3 Å². The molecule has 0 saturated carbocycles. The van der Waals surface area contributed by atoms with Gasteiger partial charge in [-0.3, -0.25) is 0 Å². The van der Waals surface area contributed by atoms with Gasteiger partial charge in [0.2, 0.25) is 0 Å². The van der Waals surface area contributed by atoms with E-state index < -0.39 is 55.6 Å². The van der Waals surface area contributed by atoms with Gasteiger partial charge in [0.1, 0.15) is 24.4 Å². The summed E-state index contributed by atoms with van der Waals surface area (Å²) < 4.78 is 11.1. The summed E-state index contributed by atoms with van der Waals surface area (Å²) in [5.74, 6) is 0. The van der Waals surface area contributed by atoms with Crippen LogP contribution in [0, 0.1) is 0 Å². The lowest BCUT2D eigenvalue weighted by molar-refractivity contribution is -0.317. The van der Waals surface area contributed by atoms with E-state index >= 15 is 0 Å². The number of nitrogens with two attached hydrogens (primary N) is 1. The zero-order valence-corrected chi connectivity index (χ0v) is 23.0. The van der Waals surface area contributed by atoms with E-state index in [2.05, 4.69) is 0 Å². The summed E-state index contributed by atoms with van der Waals surface area (Å²) in [6.45, 7) is 2.91. The second-order valence-electron chi connectivity index (χ2n) is 10.7. The molecule has 0 aromatic heterocycles. The summed E-state index contributed by atoms with van der Waals surface area (Å²) in [5, 5.41) is 59.0. The van der Waals surface area contributed by atoms with Crippen LogP contribution in [0.5, 0.6) is 0 Å². The molecule has 1 aliphatic heterocycles. The Morgan fingerprint density at radius 1 is 0.784 bits per heavy atom. The van der Waals surface area contributed by atoms with Crippen molar-refractivity contribution in [3.8, 4) is 0 Å². The second-order valence-corrected chi connectivity index (χ2v) is 10.7. The molecule has 220 valence electrons. The summed E-state index contributed by atoms with van der Waals surface area (Å²) in [6, 6.07) is -0.216. The number of rotatable bonds is 21. The molecular formula is C28H55NO8. The van der Waals surface area contributed by atoms with Crippen LogP contribution < -0.4 is 5.73 Å². The van der Waals surface area contributed by atoms with E-state index in [0.29, 0.717) is 6.42 Å². The van der Waals surface area contributed by atoms with Gasteiger partial charge in [-0.1, -0.05) is 82.8 Å². The number of hydrogen-bond acceptors (Lipinski definition) is 9. The van der Waals surface area contributed by atoms with E-state index in [1.54, 1.807) is 19.9 Å². The Labute approximate surface area is 223 Å². The highest BCUT2D eigenvalue weighted by Crippen LogP contribution is 2.25. The number of hydrogen-bond donors (Lipinski definition) is 7. The molecule has 0 aromatic rings. The lowest BCUT2D eigenvalue weighted by Crippen LogP contribution is -2.60. The van der Waals surface area contributed by atoms with Crippen molar-refractivity contribution >= 4 is 0 Å². The Morgan fingerprint density at radius 2 is 1.30 bits per heavy atom. The van der Waals surface area contributed by atoms with Crippen molar-refractivity contribution in [2.75, 3.05) is 6.61 Å². The smallest absolute Gasteiger partial charge is 0.187 e. The van der Waals surface area contributed by atoms with E-state index in [0.717, 1.165) is 32.1 Å². The summed E-state index contributed by atoms with van der Waals surface area (Å²) in [4.78, 5) is 0. The summed E-state index contributed by atoms with van der Waals surface area (Å²) in [5.41, 5.74) is 5.62. The Bertz CT molecular complexity index is 574. The van der Waals surface area contributed by atoms with Gasteiger partial charge in [-0.2, -0.15) is 0 Å². The Balaban J connectivity index is 2.04. The normalized spacial score (nSPS) is 27.9. The average molecular weight is 534 g/mol. The molecule has 1 fully saturated rings. The fraction of sp³-hybridized carbons (Fsp3) is 0.929. The van der Waals surface area contributed by atoms with Crippen molar-refractivity contribution in [1.29, 1.82) is 0 Å². The number of aliphatic hydroxyl groups is 6. The molecule has 0 spiro atoms. The summed E-state index contributed by atoms with van der Waals surface area (Å²) in [7, 11) is 0. The zero-order chi connectivity index (χ0) is 27.6. The zero-order valence-electron chi connectivity index (χ0n) is 23.0. The number of unbranched alkanes of at least 4 members (excludes halogenated alkanes) is 12. The first kappa shape index (κ1) is 34.4. The van der Waals surface area contributed by atoms with Gasteiger partial charge in [0.05, 0.1) is 24.9 Å². The fourth-order valence-corrected chi connectivity index (χ4v) is 4.56. The van der Waals surface area contributed by atoms with Gasteiger partial charge in [-0.25, -0.2) is 0 Å². The predicted molar refractivity (Wildman–Crippen MR) is 144 cm³/mol. The first-order valence-corrected chi connectivity index (χ1v) is 14.4. The van der Waals surface area contributed by atoms with Gasteiger partial charge in [-0.15, -0.1) is 0 Å². The lowest BCUT2D eigenvalue weighted by atomic mass is 9.99. The van der Waals surface area contributed by atoms with Crippen LogP contribution in [0.4, 0.5) is 0 Å². The Hall–Kier alpha value is -0.620. The van der Waals surface area contributed by atoms with E-state index in [4.69, 9.17) is 15.2 Å². The summed E-state index contributed by atoms with van der Waals surface area (Å²) >= 11 is 0. The topological polar surface area (TPSA) is 166 Å². The van der Waals surface area contributed by atoms with Crippen molar-refractivity contribution in [1.82, 2.24) is 0 Å². The van der Waals surface area contributed by atoms with Crippen LogP contribution in [0.15, 0.2) is 12.2 Å². The highest BCUT2D eigenvalue weighted by atomic mass is 16.7. The number of allylic oxidation sites excluding steroid dienone is 1. The van der Waals surface area contributed by atoms with Crippen LogP contribution in [0.1, 0.15) is 104 Å². The van der Waals surface area contributed by atoms with Gasteiger partial charge in [0.25, 0.3) is 0 Å². The monoisotopic (exact) mass is 533 g/mol. The molecule has 37 heavy (non-hydrogen) atoms. The molecule has 8 N–H and O–H groups in total. The van der Waals surface area contributed by atoms with Crippen molar-refractivity contribution in [3.63, 3.8) is 0 Å². The number of ether oxygens (including phenoxy) is 2. The van der Waals surface area contributed by atoms with Gasteiger partial charge < -0.3 is 45.8 Å². The quantitative estimate of drug-likeness (QED) is 0.0865. The Morgan fingerprint density at radius 3 is 1.78 bits per heavy atom. The highest BCUT2D eigenvalue weighted by Gasteiger charge is 2.45. The maximum Gasteiger partial charge on any atom is 0.187 e. The van der Waals surface area contributed by atoms with Crippen molar-refractivity contribution in [2.24, 2.45) is 5.73 Å². The predicted octanol–water partition coefficient (Wildman–Crippen LogP) is 2.28. The van der Waals surface area contributed by atoms with Gasteiger partial charge >= 0.3 is 0 Å². The first-order chi connectivity index (χ1) is 17.7. The molecule has 0 bridgehead atoms. The van der Waals surface area contributed by atoms with E-state index in [-0.39, 0.29) is 6.04 Å².